The van der Waals surface area contributed by atoms with Gasteiger partial charge >= 0.3 is 0 Å². The van der Waals surface area contributed by atoms with E-state index in [1.807, 2.05) is 30.3 Å². The van der Waals surface area contributed by atoms with Crippen molar-refractivity contribution in [3.05, 3.63) is 42.0 Å². The Kier molecular flexibility index (Phi) is 3.20. The first-order chi connectivity index (χ1) is 8.63. The lowest BCUT2D eigenvalue weighted by Gasteiger charge is -2.15. The van der Waals surface area contributed by atoms with E-state index in [-0.39, 0.29) is 12.5 Å². The molecule has 2 aromatic rings. The second kappa shape index (κ2) is 4.80. The molecule has 0 heterocycles. The van der Waals surface area contributed by atoms with E-state index in [4.69, 9.17) is 12.2 Å². The molecule has 1 amide bonds. The Morgan fingerprint density at radius 3 is 2.56 bits per heavy atom. The van der Waals surface area contributed by atoms with Gasteiger partial charge in [0.15, 0.2) is 0 Å². The Hall–Kier alpha value is -2.47. The van der Waals surface area contributed by atoms with Crippen LogP contribution in [0.3, 0.4) is 0 Å². The molecule has 2 rings (SSSR count). The number of hydrogen-bond donors (Lipinski definition) is 1. The number of amides is 1. The highest BCUT2D eigenvalue weighted by Crippen LogP contribution is 2.22. The Balaban J connectivity index is 2.48. The van der Waals surface area contributed by atoms with Crippen LogP contribution in [-0.4, -0.2) is 24.4 Å². The molecule has 0 fully saturated rings. The third-order valence-electron chi connectivity index (χ3n) is 2.82. The molecule has 0 bridgehead atoms. The molecule has 0 saturated carbocycles. The number of benzene rings is 2. The molecule has 2 N–H and O–H groups in total. The van der Waals surface area contributed by atoms with Crippen molar-refractivity contribution in [3.63, 3.8) is 0 Å². The monoisotopic (exact) mass is 238 g/mol. The van der Waals surface area contributed by atoms with Crippen LogP contribution in [0, 0.1) is 12.3 Å². The third kappa shape index (κ3) is 2.14. The molecule has 90 valence electrons. The lowest BCUT2D eigenvalue weighted by atomic mass is 10.0. The van der Waals surface area contributed by atoms with Crippen LogP contribution >= 0.6 is 0 Å². The van der Waals surface area contributed by atoms with E-state index in [9.17, 15) is 4.79 Å². The minimum Gasteiger partial charge on any atom is -0.398 e. The minimum absolute atomic E-state index is 0.156. The maximum absolute atomic E-state index is 12.1. The summed E-state index contributed by atoms with van der Waals surface area (Å²) in [5.74, 6) is 2.28. The minimum atomic E-state index is -0.156. The molecular weight excluding hydrogens is 224 g/mol. The summed E-state index contributed by atoms with van der Waals surface area (Å²) in [6, 6.07) is 11.4. The summed E-state index contributed by atoms with van der Waals surface area (Å²) in [7, 11) is 1.66. The second-order valence-corrected chi connectivity index (χ2v) is 4.15. The topological polar surface area (TPSA) is 46.3 Å². The first-order valence-electron chi connectivity index (χ1n) is 5.60. The van der Waals surface area contributed by atoms with Gasteiger partial charge < -0.3 is 10.6 Å². The zero-order valence-corrected chi connectivity index (χ0v) is 10.2. The number of nitrogens with zero attached hydrogens (tertiary/aromatic N) is 1. The van der Waals surface area contributed by atoms with Crippen molar-refractivity contribution >= 4 is 22.4 Å². The number of fused-ring (bicyclic) bond motifs is 1. The number of hydrogen-bond acceptors (Lipinski definition) is 2. The van der Waals surface area contributed by atoms with Gasteiger partial charge in [-0.15, -0.1) is 6.42 Å². The standard InChI is InChI=1S/C15H14N2O/c1-3-8-17(2)15(18)13-9-11-6-4-5-7-12(11)10-14(13)16/h1,4-7,9-10H,8,16H2,2H3. The van der Waals surface area contributed by atoms with Gasteiger partial charge in [-0.3, -0.25) is 4.79 Å². The summed E-state index contributed by atoms with van der Waals surface area (Å²) >= 11 is 0. The Labute approximate surface area is 106 Å². The Morgan fingerprint density at radius 1 is 1.33 bits per heavy atom. The maximum atomic E-state index is 12.1. The van der Waals surface area contributed by atoms with Gasteiger partial charge in [0.2, 0.25) is 0 Å². The fourth-order valence-electron chi connectivity index (χ4n) is 1.86. The van der Waals surface area contributed by atoms with Crippen LogP contribution < -0.4 is 5.73 Å². The molecule has 0 radical (unpaired) electrons. The predicted octanol–water partition coefficient (Wildman–Crippen LogP) is 2.13. The highest BCUT2D eigenvalue weighted by atomic mass is 16.2. The van der Waals surface area contributed by atoms with Crippen molar-refractivity contribution in [2.24, 2.45) is 0 Å². The maximum Gasteiger partial charge on any atom is 0.256 e. The van der Waals surface area contributed by atoms with Crippen molar-refractivity contribution in [1.29, 1.82) is 0 Å². The predicted molar refractivity (Wildman–Crippen MR) is 74.2 cm³/mol. The summed E-state index contributed by atoms with van der Waals surface area (Å²) in [5, 5.41) is 2.01. The summed E-state index contributed by atoms with van der Waals surface area (Å²) in [6.07, 6.45) is 5.20. The molecule has 0 aliphatic heterocycles. The highest BCUT2D eigenvalue weighted by molar-refractivity contribution is 6.03. The molecule has 0 spiro atoms. The SMILES string of the molecule is C#CCN(C)C(=O)c1cc2ccccc2cc1N. The van der Waals surface area contributed by atoms with Crippen molar-refractivity contribution in [2.45, 2.75) is 0 Å². The zero-order valence-electron chi connectivity index (χ0n) is 10.2. The molecule has 3 heteroatoms. The van der Waals surface area contributed by atoms with Gasteiger partial charge in [0.1, 0.15) is 0 Å². The molecule has 2 aromatic carbocycles. The Bertz CT molecular complexity index is 640. The molecule has 3 nitrogen and oxygen atoms in total. The van der Waals surface area contributed by atoms with Crippen LogP contribution in [0.25, 0.3) is 10.8 Å². The number of rotatable bonds is 2. The summed E-state index contributed by atoms with van der Waals surface area (Å²) in [5.41, 5.74) is 6.89. The number of anilines is 1. The lowest BCUT2D eigenvalue weighted by molar-refractivity contribution is 0.0814. The van der Waals surface area contributed by atoms with Crippen molar-refractivity contribution in [2.75, 3.05) is 19.3 Å². The quantitative estimate of drug-likeness (QED) is 0.643. The summed E-state index contributed by atoms with van der Waals surface area (Å²) < 4.78 is 0. The summed E-state index contributed by atoms with van der Waals surface area (Å²) in [4.78, 5) is 13.6. The molecule has 0 unspecified atom stereocenters. The average Bonchev–Trinajstić information content (AvgIpc) is 2.37. The van der Waals surface area contributed by atoms with E-state index in [0.717, 1.165) is 10.8 Å². The first kappa shape index (κ1) is 12.0. The first-order valence-corrected chi connectivity index (χ1v) is 5.60. The van der Waals surface area contributed by atoms with E-state index in [1.54, 1.807) is 13.1 Å². The normalized spacial score (nSPS) is 10.0. The number of terminal acetylenes is 1. The van der Waals surface area contributed by atoms with Crippen molar-refractivity contribution in [3.8, 4) is 12.3 Å². The summed E-state index contributed by atoms with van der Waals surface area (Å²) in [6.45, 7) is 0.269. The molecule has 18 heavy (non-hydrogen) atoms. The number of nitrogens with two attached hydrogens (primary N) is 1. The van der Waals surface area contributed by atoms with Crippen molar-refractivity contribution in [1.82, 2.24) is 4.90 Å². The van der Waals surface area contributed by atoms with Gasteiger partial charge in [-0.2, -0.15) is 0 Å². The lowest BCUT2D eigenvalue weighted by Crippen LogP contribution is -2.27. The molecule has 0 aliphatic carbocycles. The largest absolute Gasteiger partial charge is 0.398 e. The van der Waals surface area contributed by atoms with E-state index in [0.29, 0.717) is 11.3 Å². The Morgan fingerprint density at radius 2 is 1.94 bits per heavy atom. The molecule has 0 aromatic heterocycles. The molecule has 0 saturated heterocycles. The zero-order chi connectivity index (χ0) is 13.1. The van der Waals surface area contributed by atoms with E-state index in [1.165, 1.54) is 4.90 Å². The second-order valence-electron chi connectivity index (χ2n) is 4.15. The number of carbonyl (C=O) groups is 1. The van der Waals surface area contributed by atoms with Crippen LogP contribution in [0.5, 0.6) is 0 Å². The van der Waals surface area contributed by atoms with Crippen LogP contribution in [0.2, 0.25) is 0 Å². The fourth-order valence-corrected chi connectivity index (χ4v) is 1.86. The van der Waals surface area contributed by atoms with E-state index >= 15 is 0 Å². The fraction of sp³-hybridized carbons (Fsp3) is 0.133. The van der Waals surface area contributed by atoms with Crippen LogP contribution in [-0.2, 0) is 0 Å². The number of carbonyl (C=O) groups excluding carboxylic acids is 1. The molecule has 0 atom stereocenters. The smallest absolute Gasteiger partial charge is 0.256 e. The van der Waals surface area contributed by atoms with Crippen LogP contribution in [0.1, 0.15) is 10.4 Å². The van der Waals surface area contributed by atoms with Gasteiger partial charge in [-0.25, -0.2) is 0 Å². The van der Waals surface area contributed by atoms with E-state index < -0.39 is 0 Å². The average molecular weight is 238 g/mol. The van der Waals surface area contributed by atoms with Crippen LogP contribution in [0.4, 0.5) is 5.69 Å². The van der Waals surface area contributed by atoms with Crippen LogP contribution in [0.15, 0.2) is 36.4 Å². The third-order valence-corrected chi connectivity index (χ3v) is 2.82. The number of nitrogen functional groups attached to an aromatic ring is 1. The molecule has 0 aliphatic rings. The van der Waals surface area contributed by atoms with Gasteiger partial charge in [-0.1, -0.05) is 30.2 Å². The van der Waals surface area contributed by atoms with Gasteiger partial charge in [0.05, 0.1) is 12.1 Å². The van der Waals surface area contributed by atoms with E-state index in [2.05, 4.69) is 5.92 Å². The van der Waals surface area contributed by atoms with Gasteiger partial charge in [0.25, 0.3) is 5.91 Å². The van der Waals surface area contributed by atoms with Gasteiger partial charge in [-0.05, 0) is 22.9 Å². The molecular formula is C15H14N2O. The van der Waals surface area contributed by atoms with Crippen molar-refractivity contribution < 1.29 is 4.79 Å². The highest BCUT2D eigenvalue weighted by Gasteiger charge is 2.14. The van der Waals surface area contributed by atoms with Gasteiger partial charge in [0, 0.05) is 12.7 Å².